The largest absolute Gasteiger partial charge is 0.472 e. The minimum atomic E-state index is -4.44. The van der Waals surface area contributed by atoms with Crippen molar-refractivity contribution in [3.05, 3.63) is 0 Å². The molecule has 158 valence electrons. The van der Waals surface area contributed by atoms with Crippen LogP contribution in [0, 0.1) is 0 Å². The average molecular weight is 434 g/mol. The van der Waals surface area contributed by atoms with Gasteiger partial charge in [-0.1, -0.05) is 0 Å². The van der Waals surface area contributed by atoms with E-state index in [0.29, 0.717) is 6.42 Å². The van der Waals surface area contributed by atoms with Crippen molar-refractivity contribution in [1.29, 1.82) is 0 Å². The molecule has 0 aromatic rings. The molecule has 0 amide bonds. The Morgan fingerprint density at radius 2 is 1.82 bits per heavy atom. The molecule has 28 heavy (non-hydrogen) atoms. The number of hydrogen-bond donors (Lipinski definition) is 2. The van der Waals surface area contributed by atoms with Crippen LogP contribution in [0.4, 0.5) is 0 Å². The topological polar surface area (TPSA) is 92.7 Å². The van der Waals surface area contributed by atoms with Gasteiger partial charge in [-0.2, -0.15) is 12.6 Å². The van der Waals surface area contributed by atoms with Crippen LogP contribution in [-0.4, -0.2) is 87.7 Å². The van der Waals surface area contributed by atoms with E-state index in [4.69, 9.17) is 43.7 Å². The van der Waals surface area contributed by atoms with Gasteiger partial charge >= 0.3 is 7.82 Å². The molecule has 8 unspecified atom stereocenters. The van der Waals surface area contributed by atoms with E-state index in [0.717, 1.165) is 0 Å². The van der Waals surface area contributed by atoms with Crippen LogP contribution in [0.25, 0.3) is 0 Å². The standard InChI is InChI=1S/C16H29B2O8PS/c1-8(2)21-6-12-14(15(28)16(18)25-12)26-27(19,20)22-7-11-10(23-9(3)4)5-13(17)24-11/h8-16,28H,5-7H2,1-4H3,(H,19,20). The molecular formula is C16H29B2O8PS. The van der Waals surface area contributed by atoms with Crippen LogP contribution in [0.5, 0.6) is 0 Å². The Morgan fingerprint density at radius 1 is 1.14 bits per heavy atom. The summed E-state index contributed by atoms with van der Waals surface area (Å²) in [7, 11) is 7.20. The average Bonchev–Trinajstić information content (AvgIpc) is 3.04. The third kappa shape index (κ3) is 7.29. The molecule has 12 heteroatoms. The van der Waals surface area contributed by atoms with Gasteiger partial charge in [0.2, 0.25) is 0 Å². The van der Waals surface area contributed by atoms with Gasteiger partial charge in [-0.25, -0.2) is 4.57 Å². The van der Waals surface area contributed by atoms with Gasteiger partial charge in [0, 0.05) is 17.3 Å². The van der Waals surface area contributed by atoms with Crippen LogP contribution in [0.1, 0.15) is 34.1 Å². The summed E-state index contributed by atoms with van der Waals surface area (Å²) in [5.41, 5.74) is 0. The minimum Gasteiger partial charge on any atom is -0.380 e. The Labute approximate surface area is 175 Å². The fourth-order valence-corrected chi connectivity index (χ4v) is 4.45. The Bertz CT molecular complexity index is 543. The molecule has 8 atom stereocenters. The van der Waals surface area contributed by atoms with Crippen molar-refractivity contribution in [2.75, 3.05) is 13.2 Å². The lowest BCUT2D eigenvalue weighted by Gasteiger charge is -2.26. The first-order valence-corrected chi connectivity index (χ1v) is 11.4. The maximum Gasteiger partial charge on any atom is 0.472 e. The molecular weight excluding hydrogens is 405 g/mol. The summed E-state index contributed by atoms with van der Waals surface area (Å²) in [6, 6.07) is -1.27. The third-order valence-corrected chi connectivity index (χ3v) is 5.87. The quantitative estimate of drug-likeness (QED) is 0.301. The highest BCUT2D eigenvalue weighted by Gasteiger charge is 2.45. The number of phosphoric acid groups is 1. The van der Waals surface area contributed by atoms with E-state index in [-0.39, 0.29) is 31.5 Å². The summed E-state index contributed by atoms with van der Waals surface area (Å²) >= 11 is 4.34. The number of hydrogen-bond acceptors (Lipinski definition) is 8. The molecule has 8 nitrogen and oxygen atoms in total. The second kappa shape index (κ2) is 10.6. The van der Waals surface area contributed by atoms with E-state index in [1.54, 1.807) is 0 Å². The third-order valence-electron chi connectivity index (χ3n) is 4.30. The van der Waals surface area contributed by atoms with Gasteiger partial charge in [0.25, 0.3) is 0 Å². The number of phosphoric ester groups is 1. The number of thiol groups is 1. The fraction of sp³-hybridized carbons (Fsp3) is 1.00. The summed E-state index contributed by atoms with van der Waals surface area (Å²) in [4.78, 5) is 10.2. The van der Waals surface area contributed by atoms with Crippen molar-refractivity contribution in [2.45, 2.75) is 88.0 Å². The molecule has 0 aliphatic carbocycles. The Kier molecular flexibility index (Phi) is 9.39. The summed E-state index contributed by atoms with van der Waals surface area (Å²) in [5, 5.41) is -0.613. The van der Waals surface area contributed by atoms with Crippen LogP contribution < -0.4 is 0 Å². The summed E-state index contributed by atoms with van der Waals surface area (Å²) < 4.78 is 45.3. The minimum absolute atomic E-state index is 0.0395. The molecule has 2 rings (SSSR count). The monoisotopic (exact) mass is 434 g/mol. The molecule has 2 aliphatic rings. The molecule has 0 aromatic heterocycles. The van der Waals surface area contributed by atoms with Crippen molar-refractivity contribution in [2.24, 2.45) is 0 Å². The van der Waals surface area contributed by atoms with Gasteiger partial charge in [0.15, 0.2) is 0 Å². The van der Waals surface area contributed by atoms with Crippen LogP contribution in [0.15, 0.2) is 0 Å². The van der Waals surface area contributed by atoms with Crippen LogP contribution in [-0.2, 0) is 32.6 Å². The van der Waals surface area contributed by atoms with Crippen LogP contribution >= 0.6 is 20.5 Å². The molecule has 0 spiro atoms. The first kappa shape index (κ1) is 24.7. The zero-order valence-corrected chi connectivity index (χ0v) is 18.5. The molecule has 4 radical (unpaired) electrons. The highest BCUT2D eigenvalue weighted by atomic mass is 32.1. The Morgan fingerprint density at radius 3 is 2.43 bits per heavy atom. The Balaban J connectivity index is 1.93. The van der Waals surface area contributed by atoms with Gasteiger partial charge < -0.3 is 23.8 Å². The molecule has 0 saturated carbocycles. The van der Waals surface area contributed by atoms with Crippen LogP contribution in [0.2, 0.25) is 0 Å². The fourth-order valence-electron chi connectivity index (χ4n) is 3.06. The first-order chi connectivity index (χ1) is 13.0. The number of ether oxygens (including phenoxy) is 4. The van der Waals surface area contributed by atoms with Crippen molar-refractivity contribution >= 4 is 36.1 Å². The van der Waals surface area contributed by atoms with Gasteiger partial charge in [0.1, 0.15) is 34.0 Å². The number of rotatable bonds is 10. The van der Waals surface area contributed by atoms with E-state index in [1.807, 2.05) is 27.7 Å². The molecule has 0 aromatic carbocycles. The maximum absolute atomic E-state index is 12.5. The van der Waals surface area contributed by atoms with E-state index >= 15 is 0 Å². The lowest BCUT2D eigenvalue weighted by molar-refractivity contribution is -0.0648. The first-order valence-electron chi connectivity index (χ1n) is 9.41. The summed E-state index contributed by atoms with van der Waals surface area (Å²) in [6.45, 7) is 7.45. The van der Waals surface area contributed by atoms with E-state index in [9.17, 15) is 9.46 Å². The van der Waals surface area contributed by atoms with E-state index < -0.39 is 43.4 Å². The van der Waals surface area contributed by atoms with Gasteiger partial charge in [-0.3, -0.25) is 9.05 Å². The van der Waals surface area contributed by atoms with Crippen molar-refractivity contribution in [3.8, 4) is 0 Å². The SMILES string of the molecule is [B]C1CC(OC(C)C)C(COP(=O)(O)OC2C(COC(C)C)OC([B])C2S)O1. The van der Waals surface area contributed by atoms with Gasteiger partial charge in [-0.15, -0.1) is 0 Å². The summed E-state index contributed by atoms with van der Waals surface area (Å²) in [6.07, 6.45) is -2.03. The second-order valence-electron chi connectivity index (χ2n) is 7.52. The van der Waals surface area contributed by atoms with E-state index in [1.165, 1.54) is 0 Å². The highest BCUT2D eigenvalue weighted by molar-refractivity contribution is 7.81. The van der Waals surface area contributed by atoms with Gasteiger partial charge in [-0.05, 0) is 34.1 Å². The lowest BCUT2D eigenvalue weighted by atomic mass is 9.95. The van der Waals surface area contributed by atoms with Crippen molar-refractivity contribution in [1.82, 2.24) is 0 Å². The molecule has 0 bridgehead atoms. The highest BCUT2D eigenvalue weighted by Crippen LogP contribution is 2.48. The smallest absolute Gasteiger partial charge is 0.380 e. The lowest BCUT2D eigenvalue weighted by Crippen LogP contribution is -2.35. The second-order valence-corrected chi connectivity index (χ2v) is 9.52. The van der Waals surface area contributed by atoms with Crippen LogP contribution in [0.3, 0.4) is 0 Å². The van der Waals surface area contributed by atoms with Gasteiger partial charge in [0.05, 0.1) is 31.5 Å². The molecule has 2 heterocycles. The molecule has 1 N–H and O–H groups in total. The maximum atomic E-state index is 12.5. The zero-order valence-electron chi connectivity index (χ0n) is 16.7. The van der Waals surface area contributed by atoms with Crippen molar-refractivity contribution < 1.29 is 37.5 Å². The van der Waals surface area contributed by atoms with Crippen molar-refractivity contribution in [3.63, 3.8) is 0 Å². The Hall–Kier alpha value is 0.430. The molecule has 2 aliphatic heterocycles. The molecule has 2 fully saturated rings. The van der Waals surface area contributed by atoms with E-state index in [2.05, 4.69) is 12.6 Å². The molecule has 2 saturated heterocycles. The predicted molar refractivity (Wildman–Crippen MR) is 108 cm³/mol. The summed E-state index contributed by atoms with van der Waals surface area (Å²) in [5.74, 6) is 0. The predicted octanol–water partition coefficient (Wildman–Crippen LogP) is 1.18. The normalized spacial score (nSPS) is 38.4. The zero-order chi connectivity index (χ0) is 21.1.